The zero-order valence-electron chi connectivity index (χ0n) is 12.5. The number of carboxylic acid groups (broad SMARTS) is 1. The van der Waals surface area contributed by atoms with Crippen molar-refractivity contribution in [2.45, 2.75) is 18.9 Å². The predicted octanol–water partition coefficient (Wildman–Crippen LogP) is 1.32. The van der Waals surface area contributed by atoms with Crippen molar-refractivity contribution in [2.75, 3.05) is 5.32 Å². The molecule has 0 unspecified atom stereocenters. The van der Waals surface area contributed by atoms with Gasteiger partial charge in [-0.05, 0) is 25.0 Å². The van der Waals surface area contributed by atoms with Crippen LogP contribution in [-0.2, 0) is 0 Å². The lowest BCUT2D eigenvalue weighted by molar-refractivity contribution is 0.0684. The summed E-state index contributed by atoms with van der Waals surface area (Å²) in [6.45, 7) is 0. The Morgan fingerprint density at radius 2 is 1.67 bits per heavy atom. The molecule has 8 nitrogen and oxygen atoms in total. The van der Waals surface area contributed by atoms with Crippen LogP contribution >= 0.6 is 0 Å². The summed E-state index contributed by atoms with van der Waals surface area (Å²) in [4.78, 5) is 43.1. The summed E-state index contributed by atoms with van der Waals surface area (Å²) in [7, 11) is 0. The molecule has 1 heterocycles. The SMILES string of the molecule is O=C(NC1CC1)c1ccccc1NC(=O)c1nccnc1C(=O)O. The third kappa shape index (κ3) is 3.37. The van der Waals surface area contributed by atoms with Crippen LogP contribution in [0.2, 0.25) is 0 Å². The standard InChI is InChI=1S/C16H14N4O4/c21-14(19-9-5-6-9)10-3-1-2-4-11(10)20-15(22)12-13(16(23)24)18-8-7-17-12/h1-4,7-9H,5-6H2,(H,19,21)(H,20,22)(H,23,24). The second-order valence-corrected chi connectivity index (χ2v) is 5.31. The number of aromatic carboxylic acids is 1. The Balaban J connectivity index is 1.85. The lowest BCUT2D eigenvalue weighted by Crippen LogP contribution is -2.27. The molecule has 122 valence electrons. The molecule has 1 aliphatic rings. The molecule has 1 saturated carbocycles. The van der Waals surface area contributed by atoms with Gasteiger partial charge in [-0.25, -0.2) is 14.8 Å². The fraction of sp³-hybridized carbons (Fsp3) is 0.188. The minimum absolute atomic E-state index is 0.180. The van der Waals surface area contributed by atoms with Gasteiger partial charge in [-0.3, -0.25) is 9.59 Å². The van der Waals surface area contributed by atoms with Crippen LogP contribution in [0.3, 0.4) is 0 Å². The van der Waals surface area contributed by atoms with Crippen molar-refractivity contribution in [1.29, 1.82) is 0 Å². The molecule has 2 amide bonds. The average molecular weight is 326 g/mol. The summed E-state index contributed by atoms with van der Waals surface area (Å²) >= 11 is 0. The molecule has 0 bridgehead atoms. The maximum atomic E-state index is 12.3. The Bertz CT molecular complexity index is 817. The first kappa shape index (κ1) is 15.6. The van der Waals surface area contributed by atoms with Crippen LogP contribution in [0.1, 0.15) is 44.2 Å². The van der Waals surface area contributed by atoms with E-state index in [9.17, 15) is 14.4 Å². The molecule has 0 atom stereocenters. The molecular formula is C16H14N4O4. The van der Waals surface area contributed by atoms with E-state index >= 15 is 0 Å². The van der Waals surface area contributed by atoms with Crippen LogP contribution in [-0.4, -0.2) is 38.9 Å². The minimum Gasteiger partial charge on any atom is -0.476 e. The molecule has 8 heteroatoms. The number of nitrogens with one attached hydrogen (secondary N) is 2. The highest BCUT2D eigenvalue weighted by Gasteiger charge is 2.26. The number of carboxylic acids is 1. The van der Waals surface area contributed by atoms with Gasteiger partial charge in [0.05, 0.1) is 11.3 Å². The number of aromatic nitrogens is 2. The monoisotopic (exact) mass is 326 g/mol. The minimum atomic E-state index is -1.35. The first-order valence-electron chi connectivity index (χ1n) is 7.32. The van der Waals surface area contributed by atoms with E-state index < -0.39 is 17.6 Å². The van der Waals surface area contributed by atoms with Gasteiger partial charge in [0.2, 0.25) is 0 Å². The summed E-state index contributed by atoms with van der Waals surface area (Å²) < 4.78 is 0. The van der Waals surface area contributed by atoms with E-state index in [1.165, 1.54) is 12.4 Å². The van der Waals surface area contributed by atoms with E-state index in [1.807, 2.05) is 0 Å². The molecule has 1 aromatic heterocycles. The van der Waals surface area contributed by atoms with E-state index in [-0.39, 0.29) is 23.3 Å². The van der Waals surface area contributed by atoms with Gasteiger partial charge < -0.3 is 15.7 Å². The second kappa shape index (κ2) is 6.45. The highest BCUT2D eigenvalue weighted by Crippen LogP contribution is 2.22. The molecule has 1 aliphatic carbocycles. The van der Waals surface area contributed by atoms with E-state index in [0.29, 0.717) is 5.56 Å². The van der Waals surface area contributed by atoms with Gasteiger partial charge in [-0.1, -0.05) is 12.1 Å². The first-order valence-corrected chi connectivity index (χ1v) is 7.32. The van der Waals surface area contributed by atoms with Crippen LogP contribution in [0.5, 0.6) is 0 Å². The van der Waals surface area contributed by atoms with Crippen molar-refractivity contribution >= 4 is 23.5 Å². The zero-order chi connectivity index (χ0) is 17.1. The van der Waals surface area contributed by atoms with Gasteiger partial charge in [0, 0.05) is 18.4 Å². The highest BCUT2D eigenvalue weighted by atomic mass is 16.4. The Morgan fingerprint density at radius 3 is 2.33 bits per heavy atom. The lowest BCUT2D eigenvalue weighted by Gasteiger charge is -2.11. The fourth-order valence-corrected chi connectivity index (χ4v) is 2.12. The Morgan fingerprint density at radius 1 is 1.00 bits per heavy atom. The quantitative estimate of drug-likeness (QED) is 0.762. The molecule has 0 saturated heterocycles. The fourth-order valence-electron chi connectivity index (χ4n) is 2.12. The number of anilines is 1. The largest absolute Gasteiger partial charge is 0.476 e. The van der Waals surface area contributed by atoms with Crippen molar-refractivity contribution in [3.63, 3.8) is 0 Å². The van der Waals surface area contributed by atoms with Crippen molar-refractivity contribution in [1.82, 2.24) is 15.3 Å². The lowest BCUT2D eigenvalue weighted by atomic mass is 10.1. The number of amides is 2. The Hall–Kier alpha value is -3.29. The van der Waals surface area contributed by atoms with E-state index in [2.05, 4.69) is 20.6 Å². The topological polar surface area (TPSA) is 121 Å². The summed E-state index contributed by atoms with van der Waals surface area (Å²) in [5.41, 5.74) is -0.182. The summed E-state index contributed by atoms with van der Waals surface area (Å²) in [6, 6.07) is 6.68. The van der Waals surface area contributed by atoms with E-state index in [0.717, 1.165) is 12.8 Å². The van der Waals surface area contributed by atoms with Gasteiger partial charge in [0.25, 0.3) is 11.8 Å². The summed E-state index contributed by atoms with van der Waals surface area (Å²) in [6.07, 6.45) is 4.31. The molecule has 0 spiro atoms. The number of benzene rings is 1. The summed E-state index contributed by atoms with van der Waals surface area (Å²) in [5.74, 6) is -2.38. The van der Waals surface area contributed by atoms with E-state index in [1.54, 1.807) is 24.3 Å². The molecule has 24 heavy (non-hydrogen) atoms. The highest BCUT2D eigenvalue weighted by molar-refractivity contribution is 6.11. The van der Waals surface area contributed by atoms with Crippen molar-refractivity contribution in [3.05, 3.63) is 53.6 Å². The molecule has 0 aliphatic heterocycles. The van der Waals surface area contributed by atoms with Crippen LogP contribution in [0.4, 0.5) is 5.69 Å². The molecule has 3 rings (SSSR count). The maximum Gasteiger partial charge on any atom is 0.356 e. The Labute approximate surface area is 136 Å². The van der Waals surface area contributed by atoms with Gasteiger partial charge in [0.15, 0.2) is 11.4 Å². The van der Waals surface area contributed by atoms with Crippen molar-refractivity contribution in [3.8, 4) is 0 Å². The molecular weight excluding hydrogens is 312 g/mol. The summed E-state index contributed by atoms with van der Waals surface area (Å²) in [5, 5.41) is 14.5. The number of hydrogen-bond donors (Lipinski definition) is 3. The van der Waals surface area contributed by atoms with Crippen molar-refractivity contribution < 1.29 is 19.5 Å². The first-order chi connectivity index (χ1) is 11.6. The predicted molar refractivity (Wildman–Crippen MR) is 83.9 cm³/mol. The van der Waals surface area contributed by atoms with Crippen molar-refractivity contribution in [2.24, 2.45) is 0 Å². The van der Waals surface area contributed by atoms with Crippen LogP contribution in [0.25, 0.3) is 0 Å². The van der Waals surface area contributed by atoms with Gasteiger partial charge in [0.1, 0.15) is 0 Å². The smallest absolute Gasteiger partial charge is 0.356 e. The normalized spacial score (nSPS) is 13.2. The van der Waals surface area contributed by atoms with Gasteiger partial charge >= 0.3 is 5.97 Å². The van der Waals surface area contributed by atoms with Crippen LogP contribution in [0.15, 0.2) is 36.7 Å². The third-order valence-corrected chi connectivity index (χ3v) is 3.45. The Kier molecular flexibility index (Phi) is 4.19. The second-order valence-electron chi connectivity index (χ2n) is 5.31. The van der Waals surface area contributed by atoms with Gasteiger partial charge in [-0.15, -0.1) is 0 Å². The number of nitrogens with zero attached hydrogens (tertiary/aromatic N) is 2. The van der Waals surface area contributed by atoms with E-state index in [4.69, 9.17) is 5.11 Å². The molecule has 0 radical (unpaired) electrons. The average Bonchev–Trinajstić information content (AvgIpc) is 3.39. The number of para-hydroxylation sites is 1. The van der Waals surface area contributed by atoms with Crippen LogP contribution < -0.4 is 10.6 Å². The number of carbonyl (C=O) groups is 3. The van der Waals surface area contributed by atoms with Crippen LogP contribution in [0, 0.1) is 0 Å². The number of rotatable bonds is 5. The molecule has 1 aromatic carbocycles. The third-order valence-electron chi connectivity index (χ3n) is 3.45. The number of carbonyl (C=O) groups excluding carboxylic acids is 2. The molecule has 3 N–H and O–H groups in total. The molecule has 2 aromatic rings. The molecule has 1 fully saturated rings. The number of hydrogen-bond acceptors (Lipinski definition) is 5. The van der Waals surface area contributed by atoms with Gasteiger partial charge in [-0.2, -0.15) is 0 Å². The maximum absolute atomic E-state index is 12.3. The zero-order valence-corrected chi connectivity index (χ0v) is 12.5.